The topological polar surface area (TPSA) is 84.0 Å². The van der Waals surface area contributed by atoms with Crippen molar-refractivity contribution in [2.75, 3.05) is 10.6 Å². The van der Waals surface area contributed by atoms with E-state index in [1.54, 1.807) is 24.4 Å². The zero-order valence-corrected chi connectivity index (χ0v) is 16.7. The molecule has 27 heavy (non-hydrogen) atoms. The summed E-state index contributed by atoms with van der Waals surface area (Å²) in [6.45, 7) is 0. The first kappa shape index (κ1) is 22.9. The number of hydrogen-bond acceptors (Lipinski definition) is 6. The molecule has 0 bridgehead atoms. The summed E-state index contributed by atoms with van der Waals surface area (Å²) >= 11 is 0. The summed E-state index contributed by atoms with van der Waals surface area (Å²) < 4.78 is 31.2. The lowest BCUT2D eigenvalue weighted by Crippen LogP contribution is -2.00. The number of hydrogen-bond donors (Lipinski definition) is 2. The first-order valence-electron chi connectivity index (χ1n) is 7.11. The fourth-order valence-corrected chi connectivity index (χ4v) is 1.82. The van der Waals surface area contributed by atoms with Crippen LogP contribution in [0.4, 0.5) is 27.5 Å². The Balaban J connectivity index is 0.000000542. The van der Waals surface area contributed by atoms with E-state index < -0.39 is 8.26 Å². The van der Waals surface area contributed by atoms with Crippen LogP contribution >= 0.6 is 33.8 Å². The summed E-state index contributed by atoms with van der Waals surface area (Å²) in [5.74, 6) is 0.859. The zero-order chi connectivity index (χ0) is 19.0. The molecule has 0 aliphatic rings. The van der Waals surface area contributed by atoms with Gasteiger partial charge in [0.1, 0.15) is 11.6 Å². The molecule has 0 saturated heterocycles. The molecule has 0 amide bonds. The second kappa shape index (κ2) is 10.9. The van der Waals surface area contributed by atoms with E-state index >= 15 is 0 Å². The Hall–Kier alpha value is -2.13. The number of nitrogens with zero attached hydrogens (tertiary/aromatic N) is 2. The summed E-state index contributed by atoms with van der Waals surface area (Å²) in [5.41, 5.74) is 1.68. The highest BCUT2D eigenvalue weighted by Crippen LogP contribution is 2.17. The average molecular weight is 452 g/mol. The minimum Gasteiger partial charge on any atom is -0.340 e. The molecule has 0 spiro atoms. The number of aromatic nitrogens is 2. The Kier molecular flexibility index (Phi) is 9.23. The van der Waals surface area contributed by atoms with Gasteiger partial charge in [-0.1, -0.05) is 18.2 Å². The molecule has 0 atom stereocenters. The second-order valence-electron chi connectivity index (χ2n) is 4.77. The Morgan fingerprint density at radius 1 is 0.852 bits per heavy atom. The quantitative estimate of drug-likeness (QED) is 0.528. The van der Waals surface area contributed by atoms with Gasteiger partial charge in [-0.2, -0.15) is 13.4 Å². The predicted molar refractivity (Wildman–Crippen MR) is 109 cm³/mol. The van der Waals surface area contributed by atoms with E-state index in [1.165, 1.54) is 12.1 Å². The van der Waals surface area contributed by atoms with E-state index in [2.05, 4.69) is 42.0 Å². The van der Waals surface area contributed by atoms with Crippen molar-refractivity contribution in [2.24, 2.45) is 0 Å². The Morgan fingerprint density at radius 3 is 2.00 bits per heavy atom. The number of benzene rings is 2. The number of para-hydroxylation sites is 1. The van der Waals surface area contributed by atoms with E-state index in [0.717, 1.165) is 11.4 Å². The minimum atomic E-state index is -3.72. The summed E-state index contributed by atoms with van der Waals surface area (Å²) in [7, 11) is 4.81. The lowest BCUT2D eigenvalue weighted by molar-refractivity contribution is 0.621. The summed E-state index contributed by atoms with van der Waals surface area (Å²) in [5, 5.41) is 6.22. The molecule has 0 saturated carbocycles. The van der Waals surface area contributed by atoms with Crippen LogP contribution in [0.15, 0.2) is 66.9 Å². The summed E-state index contributed by atoms with van der Waals surface area (Å²) in [4.78, 5) is 8.53. The average Bonchev–Trinajstić information content (AvgIpc) is 2.57. The van der Waals surface area contributed by atoms with Gasteiger partial charge in [0.2, 0.25) is 5.95 Å². The van der Waals surface area contributed by atoms with Crippen LogP contribution in [-0.4, -0.2) is 18.4 Å². The molecule has 6 nitrogen and oxygen atoms in total. The molecular formula is C16H14Cl3FN4O2S. The van der Waals surface area contributed by atoms with Crippen molar-refractivity contribution >= 4 is 65.2 Å². The van der Waals surface area contributed by atoms with Gasteiger partial charge in [0.15, 0.2) is 0 Å². The highest BCUT2D eigenvalue weighted by molar-refractivity contribution is 8.31. The van der Waals surface area contributed by atoms with Gasteiger partial charge in [-0.15, -0.1) is 12.4 Å². The third-order valence-electron chi connectivity index (χ3n) is 2.80. The highest BCUT2D eigenvalue weighted by Gasteiger charge is 2.01. The molecule has 0 unspecified atom stereocenters. The van der Waals surface area contributed by atoms with Gasteiger partial charge in [0.25, 0.3) is 0 Å². The maximum absolute atomic E-state index is 12.9. The van der Waals surface area contributed by atoms with Gasteiger partial charge in [-0.05, 0) is 42.5 Å². The molecule has 1 heterocycles. The maximum Gasteiger partial charge on any atom is 0.317 e. The first-order valence-corrected chi connectivity index (χ1v) is 10.2. The molecule has 144 valence electrons. The van der Waals surface area contributed by atoms with E-state index in [0.29, 0.717) is 11.8 Å². The van der Waals surface area contributed by atoms with Crippen LogP contribution in [0.1, 0.15) is 0 Å². The van der Waals surface area contributed by atoms with Crippen LogP contribution in [-0.2, 0) is 8.26 Å². The van der Waals surface area contributed by atoms with E-state index in [1.807, 2.05) is 30.3 Å². The number of halogens is 4. The molecule has 11 heteroatoms. The van der Waals surface area contributed by atoms with Crippen LogP contribution in [0.2, 0.25) is 0 Å². The third-order valence-corrected chi connectivity index (χ3v) is 2.80. The van der Waals surface area contributed by atoms with E-state index in [-0.39, 0.29) is 18.2 Å². The van der Waals surface area contributed by atoms with Gasteiger partial charge in [-0.3, -0.25) is 0 Å². The zero-order valence-electron chi connectivity index (χ0n) is 13.5. The lowest BCUT2D eigenvalue weighted by atomic mass is 10.3. The van der Waals surface area contributed by atoms with Gasteiger partial charge < -0.3 is 10.6 Å². The third kappa shape index (κ3) is 9.95. The molecule has 0 aliphatic carbocycles. The van der Waals surface area contributed by atoms with Gasteiger partial charge in [0.05, 0.1) is 0 Å². The SMILES string of the molecule is Cl.Fc1ccc(Nc2ccnc(Nc3ccccc3)n2)cc1.O=S(=O)(Cl)Cl. The van der Waals surface area contributed by atoms with Crippen LogP contribution in [0.5, 0.6) is 0 Å². The molecule has 2 N–H and O–H groups in total. The maximum atomic E-state index is 12.9. The summed E-state index contributed by atoms with van der Waals surface area (Å²) in [6, 6.07) is 17.5. The summed E-state index contributed by atoms with van der Waals surface area (Å²) in [6.07, 6.45) is 1.66. The standard InChI is InChI=1S/C16H13FN4.Cl2O2S.ClH/c17-12-6-8-14(9-7-12)19-15-10-11-18-16(21-15)20-13-4-2-1-3-5-13;1-5(2,3)4;/h1-11H,(H2,18,19,20,21);;1H. The van der Waals surface area contributed by atoms with Crippen molar-refractivity contribution in [3.63, 3.8) is 0 Å². The van der Waals surface area contributed by atoms with Crippen LogP contribution in [0.3, 0.4) is 0 Å². The largest absolute Gasteiger partial charge is 0.340 e. The van der Waals surface area contributed by atoms with Gasteiger partial charge in [-0.25, -0.2) is 9.37 Å². The molecule has 0 aliphatic heterocycles. The monoisotopic (exact) mass is 450 g/mol. The first-order chi connectivity index (χ1) is 12.3. The molecule has 2 aromatic carbocycles. The highest BCUT2D eigenvalue weighted by atomic mass is 36.0. The molecular weight excluding hydrogens is 438 g/mol. The number of anilines is 4. The van der Waals surface area contributed by atoms with Gasteiger partial charge in [0, 0.05) is 38.9 Å². The molecule has 0 radical (unpaired) electrons. The molecule has 1 aromatic heterocycles. The van der Waals surface area contributed by atoms with Crippen molar-refractivity contribution in [2.45, 2.75) is 0 Å². The Bertz CT molecular complexity index is 937. The van der Waals surface area contributed by atoms with Crippen molar-refractivity contribution in [3.8, 4) is 0 Å². The minimum absolute atomic E-state index is 0. The smallest absolute Gasteiger partial charge is 0.317 e. The Labute approximate surface area is 171 Å². The van der Waals surface area contributed by atoms with Gasteiger partial charge >= 0.3 is 8.26 Å². The van der Waals surface area contributed by atoms with E-state index in [4.69, 9.17) is 8.42 Å². The van der Waals surface area contributed by atoms with Crippen LogP contribution in [0.25, 0.3) is 0 Å². The van der Waals surface area contributed by atoms with Crippen LogP contribution < -0.4 is 10.6 Å². The van der Waals surface area contributed by atoms with Crippen LogP contribution in [0, 0.1) is 5.82 Å². The molecule has 3 rings (SSSR count). The van der Waals surface area contributed by atoms with Crippen molar-refractivity contribution < 1.29 is 12.8 Å². The molecule has 3 aromatic rings. The van der Waals surface area contributed by atoms with Crippen molar-refractivity contribution in [1.82, 2.24) is 9.97 Å². The normalized spacial score (nSPS) is 10.0. The van der Waals surface area contributed by atoms with Crippen molar-refractivity contribution in [3.05, 3.63) is 72.7 Å². The number of rotatable bonds is 4. The second-order valence-corrected chi connectivity index (χ2v) is 8.43. The van der Waals surface area contributed by atoms with Crippen molar-refractivity contribution in [1.29, 1.82) is 0 Å². The van der Waals surface area contributed by atoms with E-state index in [9.17, 15) is 4.39 Å². The fraction of sp³-hybridized carbons (Fsp3) is 0. The molecule has 0 fully saturated rings. The fourth-order valence-electron chi connectivity index (χ4n) is 1.82. The lowest BCUT2D eigenvalue weighted by Gasteiger charge is -2.08. The number of nitrogens with one attached hydrogen (secondary N) is 2. The predicted octanol–water partition coefficient (Wildman–Crippen LogP) is 5.23. The Morgan fingerprint density at radius 2 is 1.41 bits per heavy atom.